The number of aromatic hydroxyl groups is 1. The van der Waals surface area contributed by atoms with Crippen LogP contribution >= 0.6 is 24.8 Å². The van der Waals surface area contributed by atoms with Gasteiger partial charge in [-0.2, -0.15) is 0 Å². The minimum absolute atomic E-state index is 0. The first kappa shape index (κ1) is 19.2. The van der Waals surface area contributed by atoms with Crippen LogP contribution in [-0.4, -0.2) is 36.2 Å². The lowest BCUT2D eigenvalue weighted by atomic mass is 10.00. The van der Waals surface area contributed by atoms with Gasteiger partial charge in [-0.15, -0.1) is 24.8 Å². The molecule has 4 N–H and O–H groups in total. The molecule has 4 nitrogen and oxygen atoms in total. The Morgan fingerprint density at radius 3 is 2.50 bits per heavy atom. The minimum atomic E-state index is -0.395. The summed E-state index contributed by atoms with van der Waals surface area (Å²) < 4.78 is 13.4. The summed E-state index contributed by atoms with van der Waals surface area (Å²) in [7, 11) is 0. The number of phenolic OH excluding ortho intramolecular Hbond substituents is 1. The van der Waals surface area contributed by atoms with Crippen molar-refractivity contribution in [1.29, 1.82) is 0 Å². The molecule has 1 aromatic carbocycles. The minimum Gasteiger partial charge on any atom is -0.505 e. The molecule has 1 aliphatic rings. The molecule has 1 aliphatic heterocycles. The number of nitrogen functional groups attached to an aromatic ring is 1. The summed E-state index contributed by atoms with van der Waals surface area (Å²) in [6.07, 6.45) is 0.816. The van der Waals surface area contributed by atoms with Crippen LogP contribution in [0.1, 0.15) is 24.9 Å². The fourth-order valence-corrected chi connectivity index (χ4v) is 2.56. The number of hydrogen-bond acceptors (Lipinski definition) is 4. The average Bonchev–Trinajstić information content (AvgIpc) is 2.37. The summed E-state index contributed by atoms with van der Waals surface area (Å²) in [5.41, 5.74) is 6.33. The molecule has 1 saturated heterocycles. The molecule has 0 amide bonds. The highest BCUT2D eigenvalue weighted by Gasteiger charge is 2.24. The van der Waals surface area contributed by atoms with E-state index >= 15 is 0 Å². The second-order valence-electron chi connectivity index (χ2n) is 4.64. The third-order valence-electron chi connectivity index (χ3n) is 3.47. The zero-order valence-electron chi connectivity index (χ0n) is 11.4. The van der Waals surface area contributed by atoms with Gasteiger partial charge in [-0.05, 0) is 12.5 Å². The van der Waals surface area contributed by atoms with Gasteiger partial charge in [-0.1, -0.05) is 6.92 Å². The summed E-state index contributed by atoms with van der Waals surface area (Å²) in [5.74, 6) is -0.379. The van der Waals surface area contributed by atoms with Crippen LogP contribution in [0, 0.1) is 5.82 Å². The Morgan fingerprint density at radius 1 is 1.35 bits per heavy atom. The molecular weight excluding hydrogens is 304 g/mol. The average molecular weight is 326 g/mol. The van der Waals surface area contributed by atoms with Crippen LogP contribution < -0.4 is 11.1 Å². The van der Waals surface area contributed by atoms with E-state index in [1.54, 1.807) is 0 Å². The van der Waals surface area contributed by atoms with Gasteiger partial charge in [0.25, 0.3) is 0 Å². The van der Waals surface area contributed by atoms with Gasteiger partial charge in [0.2, 0.25) is 0 Å². The number of benzene rings is 1. The lowest BCUT2D eigenvalue weighted by Crippen LogP contribution is -2.45. The van der Waals surface area contributed by atoms with Crippen LogP contribution in [0.5, 0.6) is 5.75 Å². The van der Waals surface area contributed by atoms with Gasteiger partial charge in [-0.25, -0.2) is 4.39 Å². The van der Waals surface area contributed by atoms with Crippen LogP contribution in [0.4, 0.5) is 10.1 Å². The van der Waals surface area contributed by atoms with E-state index in [0.29, 0.717) is 5.56 Å². The van der Waals surface area contributed by atoms with E-state index in [1.165, 1.54) is 6.07 Å². The Kier molecular flexibility index (Phi) is 8.20. The van der Waals surface area contributed by atoms with Gasteiger partial charge in [0.05, 0.1) is 5.69 Å². The maximum atomic E-state index is 13.4. The lowest BCUT2D eigenvalue weighted by Gasteiger charge is -2.35. The number of halogens is 3. The fourth-order valence-electron chi connectivity index (χ4n) is 2.56. The number of hydrogen-bond donors (Lipinski definition) is 3. The second-order valence-corrected chi connectivity index (χ2v) is 4.64. The maximum Gasteiger partial charge on any atom is 0.143 e. The van der Waals surface area contributed by atoms with Gasteiger partial charge >= 0.3 is 0 Å². The first-order chi connectivity index (χ1) is 8.63. The van der Waals surface area contributed by atoms with E-state index < -0.39 is 5.82 Å². The molecular formula is C13H22Cl2FN3O. The van der Waals surface area contributed by atoms with Crippen molar-refractivity contribution in [2.45, 2.75) is 19.4 Å². The smallest absolute Gasteiger partial charge is 0.143 e. The Bertz CT molecular complexity index is 428. The van der Waals surface area contributed by atoms with Crippen LogP contribution in [0.15, 0.2) is 12.1 Å². The molecule has 1 fully saturated rings. The molecule has 0 unspecified atom stereocenters. The molecule has 0 bridgehead atoms. The van der Waals surface area contributed by atoms with Crippen molar-refractivity contribution in [3.05, 3.63) is 23.5 Å². The monoisotopic (exact) mass is 325 g/mol. The molecule has 0 saturated carbocycles. The summed E-state index contributed by atoms with van der Waals surface area (Å²) in [6, 6.07) is 2.57. The topological polar surface area (TPSA) is 61.5 Å². The predicted molar refractivity (Wildman–Crippen MR) is 84.4 cm³/mol. The molecule has 0 aliphatic carbocycles. The fraction of sp³-hybridized carbons (Fsp3) is 0.538. The van der Waals surface area contributed by atoms with E-state index in [2.05, 4.69) is 10.2 Å². The number of piperazine rings is 1. The highest BCUT2D eigenvalue weighted by Crippen LogP contribution is 2.35. The molecule has 0 radical (unpaired) electrons. The van der Waals surface area contributed by atoms with Crippen molar-refractivity contribution in [3.8, 4) is 5.75 Å². The Hall–Kier alpha value is -0.750. The van der Waals surface area contributed by atoms with Crippen LogP contribution in [0.3, 0.4) is 0 Å². The number of phenols is 1. The first-order valence-corrected chi connectivity index (χ1v) is 6.36. The summed E-state index contributed by atoms with van der Waals surface area (Å²) in [6.45, 7) is 5.67. The number of anilines is 1. The Morgan fingerprint density at radius 2 is 1.95 bits per heavy atom. The maximum absolute atomic E-state index is 13.4. The molecule has 1 aromatic rings. The number of rotatable bonds is 3. The zero-order chi connectivity index (χ0) is 13.1. The lowest BCUT2D eigenvalue weighted by molar-refractivity contribution is 0.166. The molecule has 7 heteroatoms. The Balaban J connectivity index is 0.00000180. The number of nitrogens with one attached hydrogen (secondary N) is 1. The largest absolute Gasteiger partial charge is 0.505 e. The van der Waals surface area contributed by atoms with Gasteiger partial charge in [0.15, 0.2) is 0 Å². The van der Waals surface area contributed by atoms with Crippen LogP contribution in [0.25, 0.3) is 0 Å². The normalized spacial score (nSPS) is 16.9. The highest BCUT2D eigenvalue weighted by atomic mass is 35.5. The summed E-state index contributed by atoms with van der Waals surface area (Å²) >= 11 is 0. The van der Waals surface area contributed by atoms with E-state index in [1.807, 2.05) is 6.92 Å². The summed E-state index contributed by atoms with van der Waals surface area (Å²) in [5, 5.41) is 13.3. The van der Waals surface area contributed by atoms with Gasteiger partial charge < -0.3 is 16.2 Å². The number of nitrogens with zero attached hydrogens (tertiary/aromatic N) is 1. The third-order valence-corrected chi connectivity index (χ3v) is 3.47. The van der Waals surface area contributed by atoms with E-state index in [9.17, 15) is 9.50 Å². The Labute approximate surface area is 131 Å². The first-order valence-electron chi connectivity index (χ1n) is 6.36. The predicted octanol–water partition coefficient (Wildman–Crippen LogP) is 2.31. The van der Waals surface area contributed by atoms with Crippen molar-refractivity contribution < 1.29 is 9.50 Å². The van der Waals surface area contributed by atoms with E-state index in [0.717, 1.165) is 38.7 Å². The molecule has 1 heterocycles. The van der Waals surface area contributed by atoms with Gasteiger partial charge in [0, 0.05) is 43.9 Å². The molecule has 20 heavy (non-hydrogen) atoms. The van der Waals surface area contributed by atoms with Gasteiger partial charge in [0.1, 0.15) is 11.6 Å². The van der Waals surface area contributed by atoms with Gasteiger partial charge in [-0.3, -0.25) is 4.90 Å². The highest BCUT2D eigenvalue weighted by molar-refractivity contribution is 5.85. The molecule has 0 aromatic heterocycles. The van der Waals surface area contributed by atoms with Crippen molar-refractivity contribution >= 4 is 30.5 Å². The van der Waals surface area contributed by atoms with Crippen molar-refractivity contribution in [3.63, 3.8) is 0 Å². The SMILES string of the molecule is CC[C@@H](c1cc(F)cc(N)c1O)N1CCNCC1.Cl.Cl. The second kappa shape index (κ2) is 8.52. The molecule has 0 spiro atoms. The standard InChI is InChI=1S/C13H20FN3O.2ClH/c1-2-12(17-5-3-16-4-6-17)10-7-9(14)8-11(15)13(10)18;;/h7-8,12,16,18H,2-6,15H2,1H3;2*1H/t12-;;/m0../s1. The molecule has 116 valence electrons. The number of nitrogens with two attached hydrogens (primary N) is 1. The van der Waals surface area contributed by atoms with Crippen molar-refractivity contribution in [1.82, 2.24) is 10.2 Å². The third kappa shape index (κ3) is 4.12. The van der Waals surface area contributed by atoms with Crippen LogP contribution in [0.2, 0.25) is 0 Å². The van der Waals surface area contributed by atoms with Crippen molar-refractivity contribution in [2.24, 2.45) is 0 Å². The van der Waals surface area contributed by atoms with Crippen LogP contribution in [-0.2, 0) is 0 Å². The summed E-state index contributed by atoms with van der Waals surface area (Å²) in [4.78, 5) is 2.25. The molecule has 2 rings (SSSR count). The van der Waals surface area contributed by atoms with E-state index in [4.69, 9.17) is 5.73 Å². The quantitative estimate of drug-likeness (QED) is 0.589. The van der Waals surface area contributed by atoms with E-state index in [-0.39, 0.29) is 42.3 Å². The molecule has 1 atom stereocenters. The zero-order valence-corrected chi connectivity index (χ0v) is 13.1. The van der Waals surface area contributed by atoms with Crippen molar-refractivity contribution in [2.75, 3.05) is 31.9 Å².